The van der Waals surface area contributed by atoms with Gasteiger partial charge >= 0.3 is 11.9 Å². The summed E-state index contributed by atoms with van der Waals surface area (Å²) in [5.74, 6) is -0.208. The number of rotatable bonds is 9. The molecule has 0 heterocycles. The summed E-state index contributed by atoms with van der Waals surface area (Å²) < 4.78 is 15.9. The molecule has 1 unspecified atom stereocenters. The Morgan fingerprint density at radius 1 is 1.07 bits per heavy atom. The molecule has 0 aliphatic heterocycles. The lowest BCUT2D eigenvalue weighted by Crippen LogP contribution is -2.41. The molecule has 0 aromatic heterocycles. The van der Waals surface area contributed by atoms with Gasteiger partial charge in [-0.05, 0) is 36.4 Å². The third-order valence-corrected chi connectivity index (χ3v) is 3.93. The van der Waals surface area contributed by atoms with E-state index in [0.717, 1.165) is 5.69 Å². The third kappa shape index (κ3) is 7.19. The summed E-state index contributed by atoms with van der Waals surface area (Å²) in [4.78, 5) is 25.1. The zero-order valence-electron chi connectivity index (χ0n) is 15.3. The highest BCUT2D eigenvalue weighted by Crippen LogP contribution is 2.18. The van der Waals surface area contributed by atoms with Crippen molar-refractivity contribution in [3.8, 4) is 5.75 Å². The Morgan fingerprint density at radius 2 is 1.74 bits per heavy atom. The fourth-order valence-corrected chi connectivity index (χ4v) is 2.57. The van der Waals surface area contributed by atoms with E-state index in [-0.39, 0.29) is 25.7 Å². The van der Waals surface area contributed by atoms with Crippen LogP contribution in [-0.4, -0.2) is 44.8 Å². The van der Waals surface area contributed by atoms with Gasteiger partial charge in [0.15, 0.2) is 6.10 Å². The zero-order valence-corrected chi connectivity index (χ0v) is 16.0. The summed E-state index contributed by atoms with van der Waals surface area (Å²) in [6.45, 7) is 1.76. The predicted molar refractivity (Wildman–Crippen MR) is 103 cm³/mol. The molecule has 2 rings (SSSR count). The van der Waals surface area contributed by atoms with Gasteiger partial charge in [0.05, 0.1) is 13.7 Å². The van der Waals surface area contributed by atoms with Crippen LogP contribution < -0.4 is 9.64 Å². The number of hydrogen-bond acceptors (Lipinski definition) is 6. The molecule has 0 fully saturated rings. The molecule has 1 atom stereocenters. The smallest absolute Gasteiger partial charge is 0.325 e. The largest absolute Gasteiger partial charge is 0.490 e. The molecule has 0 N–H and O–H groups in total. The Hall–Kier alpha value is -2.73. The van der Waals surface area contributed by atoms with Crippen LogP contribution in [0.2, 0.25) is 5.02 Å². The fourth-order valence-electron chi connectivity index (χ4n) is 2.44. The number of carbonyl (C=O) groups excluding carboxylic acids is 2. The first-order chi connectivity index (χ1) is 13.0. The quantitative estimate of drug-likeness (QED) is 0.611. The Bertz CT molecular complexity index is 736. The van der Waals surface area contributed by atoms with E-state index in [2.05, 4.69) is 0 Å². The van der Waals surface area contributed by atoms with Crippen molar-refractivity contribution in [2.24, 2.45) is 0 Å². The summed E-state index contributed by atoms with van der Waals surface area (Å²) in [5.41, 5.74) is 0.812. The number of para-hydroxylation sites is 1. The number of anilines is 1. The van der Waals surface area contributed by atoms with Gasteiger partial charge in [-0.15, -0.1) is 0 Å². The van der Waals surface area contributed by atoms with Gasteiger partial charge < -0.3 is 19.1 Å². The zero-order chi connectivity index (χ0) is 19.6. The lowest BCUT2D eigenvalue weighted by Gasteiger charge is -2.28. The molecule has 2 aromatic rings. The van der Waals surface area contributed by atoms with E-state index in [1.54, 1.807) is 29.2 Å². The average Bonchev–Trinajstić information content (AvgIpc) is 2.67. The number of ether oxygens (including phenoxy) is 3. The maximum atomic E-state index is 11.8. The summed E-state index contributed by atoms with van der Waals surface area (Å²) >= 11 is 5.87. The van der Waals surface area contributed by atoms with Crippen molar-refractivity contribution in [1.29, 1.82) is 0 Å². The molecule has 27 heavy (non-hydrogen) atoms. The summed E-state index contributed by atoms with van der Waals surface area (Å²) in [6, 6.07) is 16.2. The van der Waals surface area contributed by atoms with Gasteiger partial charge in [0, 0.05) is 17.6 Å². The second kappa shape index (κ2) is 10.4. The Labute approximate surface area is 163 Å². The standard InChI is InChI=1S/C20H22ClNO5/c1-15(23)27-19(14-26-18-10-8-16(21)9-11-18)12-22(13-20(24)25-2)17-6-4-3-5-7-17/h3-11,19H,12-14H2,1-2H3. The van der Waals surface area contributed by atoms with Gasteiger partial charge in [-0.3, -0.25) is 9.59 Å². The molecule has 0 radical (unpaired) electrons. The van der Waals surface area contributed by atoms with Crippen LogP contribution in [0.15, 0.2) is 54.6 Å². The molecule has 7 heteroatoms. The Morgan fingerprint density at radius 3 is 2.33 bits per heavy atom. The molecule has 6 nitrogen and oxygen atoms in total. The normalized spacial score (nSPS) is 11.4. The van der Waals surface area contributed by atoms with Crippen LogP contribution in [0.5, 0.6) is 5.75 Å². The SMILES string of the molecule is COC(=O)CN(CC(COc1ccc(Cl)cc1)OC(C)=O)c1ccccc1. The van der Waals surface area contributed by atoms with E-state index in [4.69, 9.17) is 25.8 Å². The minimum Gasteiger partial charge on any atom is -0.490 e. The lowest BCUT2D eigenvalue weighted by atomic mass is 10.2. The van der Waals surface area contributed by atoms with Crippen LogP contribution in [0.3, 0.4) is 0 Å². The molecule has 2 aromatic carbocycles. The van der Waals surface area contributed by atoms with Gasteiger partial charge in [0.25, 0.3) is 0 Å². The minimum absolute atomic E-state index is 0.0270. The first-order valence-corrected chi connectivity index (χ1v) is 8.78. The highest BCUT2D eigenvalue weighted by Gasteiger charge is 2.21. The Kier molecular flexibility index (Phi) is 7.95. The van der Waals surface area contributed by atoms with Crippen LogP contribution in [-0.2, 0) is 19.1 Å². The molecule has 0 aliphatic rings. The van der Waals surface area contributed by atoms with E-state index >= 15 is 0 Å². The molecule has 0 aliphatic carbocycles. The number of carbonyl (C=O) groups is 2. The van der Waals surface area contributed by atoms with Gasteiger partial charge in [-0.1, -0.05) is 29.8 Å². The summed E-state index contributed by atoms with van der Waals surface area (Å²) in [5, 5.41) is 0.604. The summed E-state index contributed by atoms with van der Waals surface area (Å²) in [6.07, 6.45) is -0.581. The van der Waals surface area contributed by atoms with Crippen molar-refractivity contribution in [3.63, 3.8) is 0 Å². The van der Waals surface area contributed by atoms with Crippen molar-refractivity contribution in [2.45, 2.75) is 13.0 Å². The van der Waals surface area contributed by atoms with Crippen LogP contribution in [0, 0.1) is 0 Å². The van der Waals surface area contributed by atoms with Crippen LogP contribution in [0.4, 0.5) is 5.69 Å². The molecule has 0 saturated heterocycles. The van der Waals surface area contributed by atoms with E-state index < -0.39 is 12.1 Å². The molecular formula is C20H22ClNO5. The number of methoxy groups -OCH3 is 1. The number of esters is 2. The first kappa shape index (κ1) is 20.6. The number of halogens is 1. The lowest BCUT2D eigenvalue weighted by molar-refractivity contribution is -0.147. The van der Waals surface area contributed by atoms with E-state index in [1.165, 1.54) is 14.0 Å². The van der Waals surface area contributed by atoms with E-state index in [0.29, 0.717) is 10.8 Å². The van der Waals surface area contributed by atoms with Crippen molar-refractivity contribution in [1.82, 2.24) is 0 Å². The maximum absolute atomic E-state index is 11.8. The summed E-state index contributed by atoms with van der Waals surface area (Å²) in [7, 11) is 1.33. The third-order valence-electron chi connectivity index (χ3n) is 3.68. The van der Waals surface area contributed by atoms with E-state index in [1.807, 2.05) is 30.3 Å². The predicted octanol–water partition coefficient (Wildman–Crippen LogP) is 3.33. The second-order valence-corrected chi connectivity index (χ2v) is 6.23. The van der Waals surface area contributed by atoms with Crippen LogP contribution in [0.25, 0.3) is 0 Å². The highest BCUT2D eigenvalue weighted by atomic mass is 35.5. The number of hydrogen-bond donors (Lipinski definition) is 0. The van der Waals surface area contributed by atoms with Crippen LogP contribution >= 0.6 is 11.6 Å². The van der Waals surface area contributed by atoms with Gasteiger partial charge in [0.1, 0.15) is 18.9 Å². The molecule has 0 saturated carbocycles. The first-order valence-electron chi connectivity index (χ1n) is 8.40. The number of benzene rings is 2. The topological polar surface area (TPSA) is 65.1 Å². The maximum Gasteiger partial charge on any atom is 0.325 e. The minimum atomic E-state index is -0.581. The van der Waals surface area contributed by atoms with Crippen molar-refractivity contribution in [3.05, 3.63) is 59.6 Å². The molecule has 144 valence electrons. The van der Waals surface area contributed by atoms with Gasteiger partial charge in [-0.25, -0.2) is 0 Å². The second-order valence-electron chi connectivity index (χ2n) is 5.79. The van der Waals surface area contributed by atoms with Crippen molar-refractivity contribution < 1.29 is 23.8 Å². The molecule has 0 amide bonds. The highest BCUT2D eigenvalue weighted by molar-refractivity contribution is 6.30. The number of nitrogens with zero attached hydrogens (tertiary/aromatic N) is 1. The average molecular weight is 392 g/mol. The van der Waals surface area contributed by atoms with Crippen molar-refractivity contribution in [2.75, 3.05) is 31.7 Å². The van der Waals surface area contributed by atoms with Crippen molar-refractivity contribution >= 4 is 29.2 Å². The monoisotopic (exact) mass is 391 g/mol. The van der Waals surface area contributed by atoms with Crippen LogP contribution in [0.1, 0.15) is 6.92 Å². The Balaban J connectivity index is 2.10. The molecular weight excluding hydrogens is 370 g/mol. The molecule has 0 bridgehead atoms. The fraction of sp³-hybridized carbons (Fsp3) is 0.300. The van der Waals surface area contributed by atoms with E-state index in [9.17, 15) is 9.59 Å². The van der Waals surface area contributed by atoms with Gasteiger partial charge in [-0.2, -0.15) is 0 Å². The molecule has 0 spiro atoms. The van der Waals surface area contributed by atoms with Gasteiger partial charge in [0.2, 0.25) is 0 Å².